The highest BCUT2D eigenvalue weighted by Gasteiger charge is 2.16. The van der Waals surface area contributed by atoms with Gasteiger partial charge in [-0.05, 0) is 44.4 Å². The van der Waals surface area contributed by atoms with Gasteiger partial charge in [0.2, 0.25) is 11.7 Å². The van der Waals surface area contributed by atoms with Gasteiger partial charge in [0.1, 0.15) is 5.82 Å². The SMILES string of the molecule is Cc1ccc(-c2noc(CCC3CCCN3)n2)cc1F.Cl. The molecule has 1 atom stereocenters. The van der Waals surface area contributed by atoms with Crippen molar-refractivity contribution in [3.63, 3.8) is 0 Å². The van der Waals surface area contributed by atoms with E-state index in [4.69, 9.17) is 4.52 Å². The fourth-order valence-electron chi connectivity index (χ4n) is 2.51. The Morgan fingerprint density at radius 3 is 3.00 bits per heavy atom. The van der Waals surface area contributed by atoms with Crippen molar-refractivity contribution >= 4 is 12.4 Å². The Morgan fingerprint density at radius 2 is 2.29 bits per heavy atom. The fraction of sp³-hybridized carbons (Fsp3) is 0.467. The zero-order valence-electron chi connectivity index (χ0n) is 11.9. The molecule has 1 fully saturated rings. The molecule has 0 saturated carbocycles. The van der Waals surface area contributed by atoms with E-state index in [-0.39, 0.29) is 18.2 Å². The van der Waals surface area contributed by atoms with E-state index in [1.54, 1.807) is 13.0 Å². The highest BCUT2D eigenvalue weighted by molar-refractivity contribution is 5.85. The summed E-state index contributed by atoms with van der Waals surface area (Å²) < 4.78 is 18.8. The van der Waals surface area contributed by atoms with E-state index in [2.05, 4.69) is 15.5 Å². The topological polar surface area (TPSA) is 51.0 Å². The first-order chi connectivity index (χ1) is 9.72. The van der Waals surface area contributed by atoms with Crippen LogP contribution in [0.15, 0.2) is 22.7 Å². The molecule has 4 nitrogen and oxygen atoms in total. The molecular formula is C15H19ClFN3O. The second kappa shape index (κ2) is 7.00. The van der Waals surface area contributed by atoms with Gasteiger partial charge >= 0.3 is 0 Å². The predicted molar refractivity (Wildman–Crippen MR) is 81.0 cm³/mol. The molecule has 1 unspecified atom stereocenters. The monoisotopic (exact) mass is 311 g/mol. The summed E-state index contributed by atoms with van der Waals surface area (Å²) in [6.07, 6.45) is 4.22. The third-order valence-electron chi connectivity index (χ3n) is 3.77. The summed E-state index contributed by atoms with van der Waals surface area (Å²) in [6, 6.07) is 5.54. The molecule has 1 aliphatic heterocycles. The van der Waals surface area contributed by atoms with Gasteiger partial charge in [-0.3, -0.25) is 0 Å². The van der Waals surface area contributed by atoms with E-state index in [0.29, 0.717) is 28.9 Å². The molecule has 1 saturated heterocycles. The lowest BCUT2D eigenvalue weighted by Crippen LogP contribution is -2.21. The summed E-state index contributed by atoms with van der Waals surface area (Å²) in [5.74, 6) is 0.831. The number of nitrogens with zero attached hydrogens (tertiary/aromatic N) is 2. The molecule has 1 aliphatic rings. The maximum Gasteiger partial charge on any atom is 0.227 e. The van der Waals surface area contributed by atoms with Crippen molar-refractivity contribution in [2.24, 2.45) is 0 Å². The molecule has 0 bridgehead atoms. The lowest BCUT2D eigenvalue weighted by atomic mass is 10.1. The van der Waals surface area contributed by atoms with Crippen LogP contribution < -0.4 is 5.32 Å². The quantitative estimate of drug-likeness (QED) is 0.941. The molecule has 21 heavy (non-hydrogen) atoms. The van der Waals surface area contributed by atoms with Crippen molar-refractivity contribution in [3.8, 4) is 11.4 Å². The zero-order valence-corrected chi connectivity index (χ0v) is 12.8. The number of nitrogens with one attached hydrogen (secondary N) is 1. The molecule has 114 valence electrons. The minimum Gasteiger partial charge on any atom is -0.339 e. The van der Waals surface area contributed by atoms with Crippen molar-refractivity contribution in [2.45, 2.75) is 38.6 Å². The largest absolute Gasteiger partial charge is 0.339 e. The summed E-state index contributed by atoms with van der Waals surface area (Å²) in [7, 11) is 0. The first-order valence-corrected chi connectivity index (χ1v) is 7.05. The van der Waals surface area contributed by atoms with Gasteiger partial charge in [-0.15, -0.1) is 12.4 Å². The summed E-state index contributed by atoms with van der Waals surface area (Å²) in [4.78, 5) is 4.34. The average Bonchev–Trinajstić information content (AvgIpc) is 3.10. The molecule has 0 radical (unpaired) electrons. The van der Waals surface area contributed by atoms with Crippen LogP contribution in [0.25, 0.3) is 11.4 Å². The Kier molecular flexibility index (Phi) is 5.31. The number of aromatic nitrogens is 2. The lowest BCUT2D eigenvalue weighted by Gasteiger charge is -2.06. The number of halogens is 2. The van der Waals surface area contributed by atoms with Crippen LogP contribution in [0.3, 0.4) is 0 Å². The Balaban J connectivity index is 0.00000161. The Bertz CT molecular complexity index is 596. The maximum atomic E-state index is 13.5. The predicted octanol–water partition coefficient (Wildman–Crippen LogP) is 3.29. The fourth-order valence-corrected chi connectivity index (χ4v) is 2.51. The summed E-state index contributed by atoms with van der Waals surface area (Å²) in [6.45, 7) is 2.83. The average molecular weight is 312 g/mol. The molecule has 0 aliphatic carbocycles. The van der Waals surface area contributed by atoms with Crippen LogP contribution in [0.1, 0.15) is 30.7 Å². The second-order valence-electron chi connectivity index (χ2n) is 5.31. The minimum atomic E-state index is -0.246. The smallest absolute Gasteiger partial charge is 0.227 e. The van der Waals surface area contributed by atoms with E-state index in [1.807, 2.05) is 6.07 Å². The molecule has 1 N–H and O–H groups in total. The molecule has 0 spiro atoms. The van der Waals surface area contributed by atoms with Crippen LogP contribution in [-0.2, 0) is 6.42 Å². The molecule has 0 amide bonds. The minimum absolute atomic E-state index is 0. The summed E-state index contributed by atoms with van der Waals surface area (Å²) >= 11 is 0. The Hall–Kier alpha value is -1.46. The molecule has 2 aromatic rings. The van der Waals surface area contributed by atoms with Gasteiger partial charge in [0, 0.05) is 18.0 Å². The van der Waals surface area contributed by atoms with Crippen molar-refractivity contribution < 1.29 is 8.91 Å². The van der Waals surface area contributed by atoms with Gasteiger partial charge in [-0.2, -0.15) is 4.98 Å². The van der Waals surface area contributed by atoms with E-state index in [1.165, 1.54) is 18.9 Å². The molecule has 3 rings (SSSR count). The van der Waals surface area contributed by atoms with E-state index in [9.17, 15) is 4.39 Å². The Labute approximate surface area is 129 Å². The number of hydrogen-bond acceptors (Lipinski definition) is 4. The van der Waals surface area contributed by atoms with Crippen LogP contribution in [0.5, 0.6) is 0 Å². The second-order valence-corrected chi connectivity index (χ2v) is 5.31. The number of hydrogen-bond donors (Lipinski definition) is 1. The van der Waals surface area contributed by atoms with Crippen molar-refractivity contribution in [3.05, 3.63) is 35.5 Å². The van der Waals surface area contributed by atoms with Gasteiger partial charge < -0.3 is 9.84 Å². The maximum absolute atomic E-state index is 13.5. The van der Waals surface area contributed by atoms with Crippen LogP contribution in [0.2, 0.25) is 0 Å². The van der Waals surface area contributed by atoms with Gasteiger partial charge in [0.05, 0.1) is 0 Å². The van der Waals surface area contributed by atoms with Gasteiger partial charge in [0.25, 0.3) is 0 Å². The molecule has 1 aromatic carbocycles. The van der Waals surface area contributed by atoms with E-state index in [0.717, 1.165) is 19.4 Å². The number of benzene rings is 1. The normalized spacial score (nSPS) is 17.7. The van der Waals surface area contributed by atoms with Gasteiger partial charge in [-0.25, -0.2) is 4.39 Å². The molecule has 1 aromatic heterocycles. The van der Waals surface area contributed by atoms with Gasteiger partial charge in [0.15, 0.2) is 0 Å². The van der Waals surface area contributed by atoms with Gasteiger partial charge in [-0.1, -0.05) is 17.3 Å². The number of rotatable bonds is 4. The highest BCUT2D eigenvalue weighted by atomic mass is 35.5. The standard InChI is InChI=1S/C15H18FN3O.ClH/c1-10-4-5-11(9-13(10)16)15-18-14(20-19-15)7-6-12-3-2-8-17-12;/h4-5,9,12,17H,2-3,6-8H2,1H3;1H. The van der Waals surface area contributed by atoms with Crippen LogP contribution in [0.4, 0.5) is 4.39 Å². The third kappa shape index (κ3) is 3.80. The summed E-state index contributed by atoms with van der Waals surface area (Å²) in [5.41, 5.74) is 1.27. The van der Waals surface area contributed by atoms with Crippen LogP contribution >= 0.6 is 12.4 Å². The van der Waals surface area contributed by atoms with E-state index < -0.39 is 0 Å². The summed E-state index contributed by atoms with van der Waals surface area (Å²) in [5, 5.41) is 7.37. The van der Waals surface area contributed by atoms with Crippen molar-refractivity contribution in [1.82, 2.24) is 15.5 Å². The van der Waals surface area contributed by atoms with Crippen LogP contribution in [0, 0.1) is 12.7 Å². The zero-order chi connectivity index (χ0) is 13.9. The first kappa shape index (κ1) is 15.9. The van der Waals surface area contributed by atoms with Crippen molar-refractivity contribution in [1.29, 1.82) is 0 Å². The lowest BCUT2D eigenvalue weighted by molar-refractivity contribution is 0.369. The van der Waals surface area contributed by atoms with Crippen molar-refractivity contribution in [2.75, 3.05) is 6.54 Å². The Morgan fingerprint density at radius 1 is 1.43 bits per heavy atom. The molecule has 2 heterocycles. The first-order valence-electron chi connectivity index (χ1n) is 7.05. The highest BCUT2D eigenvalue weighted by Crippen LogP contribution is 2.20. The number of aryl methyl sites for hydroxylation is 2. The molecule has 6 heteroatoms. The van der Waals surface area contributed by atoms with E-state index >= 15 is 0 Å². The molecular weight excluding hydrogens is 293 g/mol. The van der Waals surface area contributed by atoms with Crippen LogP contribution in [-0.4, -0.2) is 22.7 Å². The third-order valence-corrected chi connectivity index (χ3v) is 3.77.